The Bertz CT molecular complexity index is 294. The fourth-order valence-electron chi connectivity index (χ4n) is 1.37. The highest BCUT2D eigenvalue weighted by molar-refractivity contribution is 9.10. The first-order chi connectivity index (χ1) is 7.22. The monoisotopic (exact) mass is 272 g/mol. The van der Waals surface area contributed by atoms with E-state index in [4.69, 9.17) is 0 Å². The molecule has 2 N–H and O–H groups in total. The molecule has 0 saturated heterocycles. The first-order valence-electron chi connectivity index (χ1n) is 5.20. The second-order valence-electron chi connectivity index (χ2n) is 3.58. The van der Waals surface area contributed by atoms with Gasteiger partial charge in [-0.3, -0.25) is 4.98 Å². The molecule has 1 heterocycles. The lowest BCUT2D eigenvalue weighted by molar-refractivity contribution is 0.160. The van der Waals surface area contributed by atoms with Crippen LogP contribution in [0.3, 0.4) is 0 Å². The number of aliphatic hydroxyl groups excluding tert-OH is 1. The molecule has 4 heteroatoms. The Kier molecular flexibility index (Phi) is 5.83. The summed E-state index contributed by atoms with van der Waals surface area (Å²) in [4.78, 5) is 4.07. The molecule has 84 valence electrons. The van der Waals surface area contributed by atoms with Crippen molar-refractivity contribution in [2.75, 3.05) is 6.54 Å². The highest BCUT2D eigenvalue weighted by atomic mass is 79.9. The minimum absolute atomic E-state index is 0.241. The maximum absolute atomic E-state index is 9.49. The van der Waals surface area contributed by atoms with Gasteiger partial charge in [-0.25, -0.2) is 0 Å². The number of hydrogen-bond donors (Lipinski definition) is 2. The van der Waals surface area contributed by atoms with Crippen LogP contribution in [0, 0.1) is 0 Å². The van der Waals surface area contributed by atoms with Crippen LogP contribution in [0.25, 0.3) is 0 Å². The minimum atomic E-state index is -0.241. The number of nitrogens with one attached hydrogen (secondary N) is 1. The molecule has 0 amide bonds. The fraction of sp³-hybridized carbons (Fsp3) is 0.545. The summed E-state index contributed by atoms with van der Waals surface area (Å²) in [5, 5.41) is 12.7. The molecule has 0 spiro atoms. The van der Waals surface area contributed by atoms with Gasteiger partial charge in [-0.1, -0.05) is 13.3 Å². The van der Waals surface area contributed by atoms with Crippen LogP contribution in [0.5, 0.6) is 0 Å². The Morgan fingerprint density at radius 1 is 1.53 bits per heavy atom. The first-order valence-corrected chi connectivity index (χ1v) is 6.00. The predicted molar refractivity (Wildman–Crippen MR) is 64.6 cm³/mol. The van der Waals surface area contributed by atoms with Gasteiger partial charge >= 0.3 is 0 Å². The first kappa shape index (κ1) is 12.6. The highest BCUT2D eigenvalue weighted by Gasteiger charge is 2.01. The van der Waals surface area contributed by atoms with Crippen LogP contribution in [0.1, 0.15) is 25.3 Å². The van der Waals surface area contributed by atoms with E-state index >= 15 is 0 Å². The van der Waals surface area contributed by atoms with Gasteiger partial charge in [0.25, 0.3) is 0 Å². The van der Waals surface area contributed by atoms with E-state index in [-0.39, 0.29) is 6.10 Å². The van der Waals surface area contributed by atoms with Crippen LogP contribution < -0.4 is 5.32 Å². The number of hydrogen-bond acceptors (Lipinski definition) is 3. The number of halogens is 1. The average molecular weight is 273 g/mol. The molecule has 0 radical (unpaired) electrons. The summed E-state index contributed by atoms with van der Waals surface area (Å²) in [7, 11) is 0. The summed E-state index contributed by atoms with van der Waals surface area (Å²) in [5.74, 6) is 0. The second kappa shape index (κ2) is 6.93. The standard InChI is InChI=1S/C11H17BrN2O/c1-2-3-11(15)8-14-6-9-4-10(12)7-13-5-9/h4-5,7,11,14-15H,2-3,6,8H2,1H3. The zero-order chi connectivity index (χ0) is 11.1. The summed E-state index contributed by atoms with van der Waals surface area (Å²) in [5.41, 5.74) is 1.12. The maximum Gasteiger partial charge on any atom is 0.0664 e. The van der Waals surface area contributed by atoms with Gasteiger partial charge in [0, 0.05) is 30.0 Å². The van der Waals surface area contributed by atoms with Crippen molar-refractivity contribution in [3.05, 3.63) is 28.5 Å². The van der Waals surface area contributed by atoms with Crippen LogP contribution >= 0.6 is 15.9 Å². The zero-order valence-electron chi connectivity index (χ0n) is 8.91. The molecule has 0 aliphatic carbocycles. The number of nitrogens with zero attached hydrogens (tertiary/aromatic N) is 1. The van der Waals surface area contributed by atoms with Crippen LogP contribution in [-0.4, -0.2) is 22.7 Å². The number of pyridine rings is 1. The van der Waals surface area contributed by atoms with E-state index in [0.29, 0.717) is 6.54 Å². The molecule has 0 saturated carbocycles. The van der Waals surface area contributed by atoms with Gasteiger partial charge in [-0.2, -0.15) is 0 Å². The Balaban J connectivity index is 2.25. The van der Waals surface area contributed by atoms with Gasteiger partial charge in [-0.15, -0.1) is 0 Å². The molecular weight excluding hydrogens is 256 g/mol. The van der Waals surface area contributed by atoms with Gasteiger partial charge in [-0.05, 0) is 34.0 Å². The highest BCUT2D eigenvalue weighted by Crippen LogP contribution is 2.09. The van der Waals surface area contributed by atoms with Gasteiger partial charge in [0.15, 0.2) is 0 Å². The molecule has 0 bridgehead atoms. The van der Waals surface area contributed by atoms with Crippen molar-refractivity contribution >= 4 is 15.9 Å². The molecule has 1 rings (SSSR count). The molecular formula is C11H17BrN2O. The molecule has 0 fully saturated rings. The van der Waals surface area contributed by atoms with Crippen LogP contribution in [0.15, 0.2) is 22.9 Å². The third-order valence-corrected chi connectivity index (χ3v) is 2.53. The number of aliphatic hydroxyl groups is 1. The fourth-order valence-corrected chi connectivity index (χ4v) is 1.78. The quantitative estimate of drug-likeness (QED) is 0.834. The summed E-state index contributed by atoms with van der Waals surface area (Å²) >= 11 is 3.37. The van der Waals surface area contributed by atoms with Crippen molar-refractivity contribution in [2.45, 2.75) is 32.4 Å². The van der Waals surface area contributed by atoms with E-state index < -0.39 is 0 Å². The summed E-state index contributed by atoms with van der Waals surface area (Å²) in [6.45, 7) is 3.45. The minimum Gasteiger partial charge on any atom is -0.392 e. The number of rotatable bonds is 6. The molecule has 0 aliphatic heterocycles. The smallest absolute Gasteiger partial charge is 0.0664 e. The van der Waals surface area contributed by atoms with Gasteiger partial charge in [0.05, 0.1) is 6.10 Å². The maximum atomic E-state index is 9.49. The van der Waals surface area contributed by atoms with Gasteiger partial charge < -0.3 is 10.4 Å². The largest absolute Gasteiger partial charge is 0.392 e. The number of aromatic nitrogens is 1. The Morgan fingerprint density at radius 3 is 3.00 bits per heavy atom. The normalized spacial score (nSPS) is 12.7. The lowest BCUT2D eigenvalue weighted by Gasteiger charge is -2.10. The van der Waals surface area contributed by atoms with Gasteiger partial charge in [0.2, 0.25) is 0 Å². The van der Waals surface area contributed by atoms with Crippen LogP contribution in [-0.2, 0) is 6.54 Å². The Hall–Kier alpha value is -0.450. The molecule has 0 aromatic carbocycles. The summed E-state index contributed by atoms with van der Waals surface area (Å²) in [6.07, 6.45) is 5.21. The Morgan fingerprint density at radius 2 is 2.33 bits per heavy atom. The van der Waals surface area contributed by atoms with E-state index in [0.717, 1.165) is 29.4 Å². The van der Waals surface area contributed by atoms with E-state index in [1.54, 1.807) is 6.20 Å². The van der Waals surface area contributed by atoms with Gasteiger partial charge in [0.1, 0.15) is 0 Å². The van der Waals surface area contributed by atoms with Crippen molar-refractivity contribution in [3.8, 4) is 0 Å². The lowest BCUT2D eigenvalue weighted by Crippen LogP contribution is -2.26. The molecule has 15 heavy (non-hydrogen) atoms. The summed E-state index contributed by atoms with van der Waals surface area (Å²) in [6, 6.07) is 2.02. The molecule has 0 aliphatic rings. The second-order valence-corrected chi connectivity index (χ2v) is 4.50. The molecule has 3 nitrogen and oxygen atoms in total. The molecule has 1 unspecified atom stereocenters. The molecule has 1 aromatic heterocycles. The van der Waals surface area contributed by atoms with Crippen LogP contribution in [0.4, 0.5) is 0 Å². The van der Waals surface area contributed by atoms with Crippen molar-refractivity contribution in [2.24, 2.45) is 0 Å². The third kappa shape index (κ3) is 5.25. The molecule has 1 aromatic rings. The third-order valence-electron chi connectivity index (χ3n) is 2.09. The van der Waals surface area contributed by atoms with Crippen molar-refractivity contribution in [1.82, 2.24) is 10.3 Å². The van der Waals surface area contributed by atoms with E-state index in [2.05, 4.69) is 33.2 Å². The van der Waals surface area contributed by atoms with Crippen molar-refractivity contribution in [1.29, 1.82) is 0 Å². The van der Waals surface area contributed by atoms with Crippen LogP contribution in [0.2, 0.25) is 0 Å². The topological polar surface area (TPSA) is 45.1 Å². The van der Waals surface area contributed by atoms with E-state index in [1.807, 2.05) is 12.3 Å². The predicted octanol–water partition coefficient (Wildman–Crippen LogP) is 2.09. The van der Waals surface area contributed by atoms with E-state index in [1.165, 1.54) is 0 Å². The van der Waals surface area contributed by atoms with E-state index in [9.17, 15) is 5.11 Å². The lowest BCUT2D eigenvalue weighted by atomic mass is 10.2. The zero-order valence-corrected chi connectivity index (χ0v) is 10.5. The average Bonchev–Trinajstić information content (AvgIpc) is 2.18. The SMILES string of the molecule is CCCC(O)CNCc1cncc(Br)c1. The Labute approximate surface area is 99.1 Å². The summed E-state index contributed by atoms with van der Waals surface area (Å²) < 4.78 is 0.982. The van der Waals surface area contributed by atoms with Crippen molar-refractivity contribution in [3.63, 3.8) is 0 Å². The van der Waals surface area contributed by atoms with Crippen molar-refractivity contribution < 1.29 is 5.11 Å². The molecule has 1 atom stereocenters.